The van der Waals surface area contributed by atoms with E-state index in [0.717, 1.165) is 41.6 Å². The van der Waals surface area contributed by atoms with Crippen LogP contribution in [0.25, 0.3) is 55.7 Å². The highest BCUT2D eigenvalue weighted by molar-refractivity contribution is 5.93. The summed E-state index contributed by atoms with van der Waals surface area (Å²) in [5, 5.41) is 9.17. The number of amides is 3. The molecular weight excluding hydrogens is 1260 g/mol. The number of carbonyl (C=O) groups is 3. The highest BCUT2D eigenvalue weighted by atomic mass is 16.6. The number of hydrogen-bond acceptors (Lipinski definition) is 18. The first-order valence-corrected chi connectivity index (χ1v) is 31.4. The van der Waals surface area contributed by atoms with Gasteiger partial charge in [0.2, 0.25) is 11.8 Å². The molecule has 8 heterocycles. The molecule has 7 aromatic heterocycles. The number of rotatable bonds is 19. The molecule has 98 heavy (non-hydrogen) atoms. The van der Waals surface area contributed by atoms with Gasteiger partial charge in [0.1, 0.15) is 37.4 Å². The number of piperazine rings is 1. The van der Waals surface area contributed by atoms with Crippen molar-refractivity contribution in [2.75, 3.05) is 47.6 Å². The van der Waals surface area contributed by atoms with Gasteiger partial charge in [-0.15, -0.1) is 0 Å². The van der Waals surface area contributed by atoms with Gasteiger partial charge in [-0.1, -0.05) is 30.3 Å². The lowest BCUT2D eigenvalue weighted by atomic mass is 10.0. The molecule has 11 aromatic rings. The Morgan fingerprint density at radius 1 is 0.612 bits per heavy atom. The average molecular weight is 1330 g/mol. The molecule has 0 bridgehead atoms. The van der Waals surface area contributed by atoms with E-state index < -0.39 is 64.1 Å². The van der Waals surface area contributed by atoms with E-state index in [-0.39, 0.29) is 71.8 Å². The summed E-state index contributed by atoms with van der Waals surface area (Å²) in [5.41, 5.74) is 3.07. The van der Waals surface area contributed by atoms with Gasteiger partial charge in [0, 0.05) is 101 Å². The van der Waals surface area contributed by atoms with E-state index in [9.17, 15) is 43.2 Å². The minimum absolute atomic E-state index is 0.00934. The van der Waals surface area contributed by atoms with Gasteiger partial charge in [0.15, 0.2) is 33.5 Å². The van der Waals surface area contributed by atoms with Gasteiger partial charge in [-0.25, -0.2) is 34.1 Å². The maximum atomic E-state index is 14.8. The van der Waals surface area contributed by atoms with E-state index in [0.29, 0.717) is 53.6 Å². The summed E-state index contributed by atoms with van der Waals surface area (Å²) >= 11 is 0. The monoisotopic (exact) mass is 1330 g/mol. The van der Waals surface area contributed by atoms with Crippen LogP contribution in [0.5, 0.6) is 5.75 Å². The molecule has 30 nitrogen and oxygen atoms in total. The maximum absolute atomic E-state index is 14.8. The Hall–Kier alpha value is -12.0. The van der Waals surface area contributed by atoms with Gasteiger partial charge >= 0.3 is 23.2 Å². The van der Waals surface area contributed by atoms with Crippen molar-refractivity contribution in [3.8, 4) is 28.0 Å². The van der Waals surface area contributed by atoms with Crippen LogP contribution in [0.1, 0.15) is 38.8 Å². The van der Waals surface area contributed by atoms with Crippen molar-refractivity contribution < 1.29 is 28.6 Å². The van der Waals surface area contributed by atoms with Crippen LogP contribution in [0.2, 0.25) is 0 Å². The number of hydrogen-bond donors (Lipinski definition) is 3. The zero-order chi connectivity index (χ0) is 69.6. The minimum atomic E-state index is -1.04. The van der Waals surface area contributed by atoms with Crippen molar-refractivity contribution >= 4 is 74.1 Å². The van der Waals surface area contributed by atoms with Gasteiger partial charge in [0.25, 0.3) is 16.7 Å². The Morgan fingerprint density at radius 3 is 1.82 bits per heavy atom. The Labute approximate surface area is 557 Å². The Balaban J connectivity index is 0.769. The number of imidazole rings is 3. The zero-order valence-electron chi connectivity index (χ0n) is 55.5. The second-order valence-electron chi connectivity index (χ2n) is 25.1. The Kier molecular flexibility index (Phi) is 18.0. The van der Waals surface area contributed by atoms with E-state index in [1.54, 1.807) is 64.3 Å². The van der Waals surface area contributed by atoms with Crippen molar-refractivity contribution in [1.29, 1.82) is 0 Å². The number of benzene rings is 4. The van der Waals surface area contributed by atoms with Crippen LogP contribution < -0.4 is 59.3 Å². The summed E-state index contributed by atoms with van der Waals surface area (Å²) in [6.07, 6.45) is 6.08. The summed E-state index contributed by atoms with van der Waals surface area (Å²) in [6.45, 7) is 9.68. The van der Waals surface area contributed by atoms with Gasteiger partial charge in [-0.2, -0.15) is 0 Å². The van der Waals surface area contributed by atoms with Gasteiger partial charge in [-0.3, -0.25) is 56.4 Å². The van der Waals surface area contributed by atoms with Crippen molar-refractivity contribution in [2.24, 2.45) is 28.2 Å². The lowest BCUT2D eigenvalue weighted by Gasteiger charge is -2.41. The molecule has 1 fully saturated rings. The standard InChI is InChI=1S/C68H72N18O12/c1-40-29-45(43-23-25-69-26-24-43)15-22-50(40)75-54(97-39-86-60-57(62(90)79(9)66(86)94)82(38-72-60)33-52(87)73-46-16-19-48(20-17-46)84-28-27-80(31-41(84)2)67(95)98-68(3,4)5)35-83-37-71-59-56(83)63(91)85(65(93)77(59)7)32-42-11-13-44(14-12-42)49-21-18-47(30-51(49)96-10)74-53(88)34-81-36-70-58-55(81)61(89)78(8)64(92)76(58)6/h11-26,29-30,36-38,41,54,75H,27-28,31-35,39H2,1-10H3,(H,73,87)(H,74,88). The molecule has 3 N–H and O–H groups in total. The third-order valence-corrected chi connectivity index (χ3v) is 17.2. The van der Waals surface area contributed by atoms with Gasteiger partial charge in [-0.05, 0) is 123 Å². The summed E-state index contributed by atoms with van der Waals surface area (Å²) < 4.78 is 28.9. The number of ether oxygens (including phenoxy) is 3. The molecule has 1 aliphatic heterocycles. The quantitative estimate of drug-likeness (QED) is 0.0917. The first-order chi connectivity index (χ1) is 46.8. The van der Waals surface area contributed by atoms with Crippen LogP contribution in [0, 0.1) is 6.92 Å². The highest BCUT2D eigenvalue weighted by Gasteiger charge is 2.31. The smallest absolute Gasteiger partial charge is 0.410 e. The zero-order valence-corrected chi connectivity index (χ0v) is 55.5. The maximum Gasteiger partial charge on any atom is 0.410 e. The SMILES string of the molecule is COc1cc(NC(=O)Cn2cnc3c2c(=O)n(C)c(=O)n3C)ccc1-c1ccc(Cn2c(=O)c3c(ncn3CC(Nc3ccc(-c4ccncc4)cc3C)OCn3c(=O)n(C)c(=O)c4c3ncn4CC(=O)Nc3ccc(N4CCN(C(=O)OC(C)(C)C)CC4C)cc3)n(C)c2=O)cc1. The van der Waals surface area contributed by atoms with Crippen molar-refractivity contribution in [1.82, 2.24) is 65.9 Å². The van der Waals surface area contributed by atoms with Crippen molar-refractivity contribution in [3.63, 3.8) is 0 Å². The number of anilines is 4. The van der Waals surface area contributed by atoms with Crippen LogP contribution in [-0.2, 0) is 80.2 Å². The summed E-state index contributed by atoms with van der Waals surface area (Å²) in [4.78, 5) is 143. The number of nitrogens with one attached hydrogen (secondary N) is 3. The lowest BCUT2D eigenvalue weighted by Crippen LogP contribution is -2.54. The van der Waals surface area contributed by atoms with Crippen molar-refractivity contribution in [2.45, 2.75) is 85.4 Å². The van der Waals surface area contributed by atoms with Crippen LogP contribution in [0.4, 0.5) is 27.5 Å². The number of fused-ring (bicyclic) bond motifs is 3. The topological polar surface area (TPSA) is 320 Å². The van der Waals surface area contributed by atoms with E-state index in [1.807, 2.05) is 89.2 Å². The minimum Gasteiger partial charge on any atom is -0.496 e. The molecule has 1 aliphatic rings. The molecule has 12 rings (SSSR count). The third-order valence-electron chi connectivity index (χ3n) is 17.2. The molecular formula is C68H72N18O12. The van der Waals surface area contributed by atoms with Crippen LogP contribution >= 0.6 is 0 Å². The highest BCUT2D eigenvalue weighted by Crippen LogP contribution is 2.34. The molecule has 0 aliphatic carbocycles. The van der Waals surface area contributed by atoms with E-state index in [2.05, 4.69) is 40.8 Å². The molecule has 0 saturated carbocycles. The molecule has 506 valence electrons. The molecule has 0 radical (unpaired) electrons. The number of methoxy groups -OCH3 is 1. The second-order valence-corrected chi connectivity index (χ2v) is 25.1. The number of nitrogens with zero attached hydrogens (tertiary/aromatic N) is 15. The average Bonchev–Trinajstić information content (AvgIpc) is 1.59. The Morgan fingerprint density at radius 2 is 1.18 bits per heavy atom. The first-order valence-electron chi connectivity index (χ1n) is 31.4. The first kappa shape index (κ1) is 66.1. The van der Waals surface area contributed by atoms with Gasteiger partial charge in [0.05, 0.1) is 39.2 Å². The predicted molar refractivity (Wildman–Crippen MR) is 367 cm³/mol. The number of aromatic nitrogens is 13. The molecule has 4 aromatic carbocycles. The van der Waals surface area contributed by atoms with E-state index in [4.69, 9.17) is 14.2 Å². The fraction of sp³-hybridized carbons (Fsp3) is 0.309. The number of carbonyl (C=O) groups excluding carboxylic acids is 3. The largest absolute Gasteiger partial charge is 0.496 e. The van der Waals surface area contributed by atoms with E-state index >= 15 is 0 Å². The molecule has 0 spiro atoms. The van der Waals surface area contributed by atoms with Crippen LogP contribution in [-0.4, -0.2) is 128 Å². The summed E-state index contributed by atoms with van der Waals surface area (Å²) in [6, 6.07) is 29.2. The summed E-state index contributed by atoms with van der Waals surface area (Å²) in [5.74, 6) is -0.507. The third kappa shape index (κ3) is 13.1. The number of pyridine rings is 1. The molecule has 2 atom stereocenters. The second kappa shape index (κ2) is 26.7. The van der Waals surface area contributed by atoms with Crippen LogP contribution in [0.15, 0.2) is 157 Å². The predicted octanol–water partition coefficient (Wildman–Crippen LogP) is 4.78. The fourth-order valence-electron chi connectivity index (χ4n) is 12.1. The Bertz CT molecular complexity index is 5320. The molecule has 3 amide bonds. The fourth-order valence-corrected chi connectivity index (χ4v) is 12.1. The molecule has 2 unspecified atom stereocenters. The lowest BCUT2D eigenvalue weighted by molar-refractivity contribution is -0.117. The van der Waals surface area contributed by atoms with Gasteiger partial charge < -0.3 is 53.7 Å². The normalized spacial score (nSPS) is 13.7. The van der Waals surface area contributed by atoms with Crippen LogP contribution in [0.3, 0.4) is 0 Å². The van der Waals surface area contributed by atoms with E-state index in [1.165, 1.54) is 77.1 Å². The molecule has 30 heteroatoms. The summed E-state index contributed by atoms with van der Waals surface area (Å²) in [7, 11) is 7.17. The number of aryl methyl sites for hydroxylation is 3. The molecule has 1 saturated heterocycles. The van der Waals surface area contributed by atoms with Crippen molar-refractivity contribution in [3.05, 3.63) is 202 Å².